The molecule has 86 valence electrons. The van der Waals surface area contributed by atoms with Gasteiger partial charge in [-0.3, -0.25) is 4.57 Å². The van der Waals surface area contributed by atoms with E-state index >= 15 is 0 Å². The summed E-state index contributed by atoms with van der Waals surface area (Å²) < 4.78 is 33.6. The Kier molecular flexibility index (Phi) is 6.46. The molecule has 0 saturated heterocycles. The molecule has 6 heteroatoms. The molecule has 3 nitrogen and oxygen atoms in total. The Labute approximate surface area is 93.0 Å². The fourth-order valence-electron chi connectivity index (χ4n) is 1.00. The lowest BCUT2D eigenvalue weighted by molar-refractivity contribution is 0.178. The van der Waals surface area contributed by atoms with Crippen LogP contribution in [0.4, 0.5) is 4.39 Å². The van der Waals surface area contributed by atoms with E-state index in [0.29, 0.717) is 6.42 Å². The predicted octanol–water partition coefficient (Wildman–Crippen LogP) is 4.07. The third-order valence-electron chi connectivity index (χ3n) is 1.55. The van der Waals surface area contributed by atoms with E-state index in [1.165, 1.54) is 0 Å². The van der Waals surface area contributed by atoms with Gasteiger partial charge in [0.15, 0.2) is 0 Å². The highest BCUT2D eigenvalue weighted by Crippen LogP contribution is 2.65. The molecule has 0 aromatic rings. The summed E-state index contributed by atoms with van der Waals surface area (Å²) >= 11 is 2.79. The van der Waals surface area contributed by atoms with E-state index < -0.39 is 11.9 Å². The molecule has 0 aliphatic heterocycles. The summed E-state index contributed by atoms with van der Waals surface area (Å²) in [6.45, 7) is 5.44. The Morgan fingerprint density at radius 1 is 1.29 bits per heavy atom. The van der Waals surface area contributed by atoms with E-state index in [1.54, 1.807) is 20.8 Å². The van der Waals surface area contributed by atoms with Crippen LogP contribution in [0.25, 0.3) is 0 Å². The van der Waals surface area contributed by atoms with E-state index in [1.807, 2.05) is 0 Å². The number of hydrogen-bond acceptors (Lipinski definition) is 3. The Morgan fingerprint density at radius 2 is 1.71 bits per heavy atom. The monoisotopic (exact) mass is 290 g/mol. The first-order chi connectivity index (χ1) is 6.43. The lowest BCUT2D eigenvalue weighted by Gasteiger charge is -2.27. The molecule has 0 bridgehead atoms. The van der Waals surface area contributed by atoms with E-state index in [2.05, 4.69) is 15.9 Å². The molecule has 0 rings (SSSR count). The van der Waals surface area contributed by atoms with Crippen LogP contribution in [-0.4, -0.2) is 17.5 Å². The van der Waals surface area contributed by atoms with Gasteiger partial charge in [0.25, 0.3) is 4.32 Å². The van der Waals surface area contributed by atoms with Crippen LogP contribution in [0.3, 0.4) is 0 Å². The summed E-state index contributed by atoms with van der Waals surface area (Å²) in [5, 5.41) is 0. The molecule has 0 aromatic heterocycles. The van der Waals surface area contributed by atoms with Crippen molar-refractivity contribution in [2.75, 3.05) is 13.2 Å². The minimum Gasteiger partial charge on any atom is -0.306 e. The highest BCUT2D eigenvalue weighted by atomic mass is 79.9. The maximum atomic E-state index is 13.9. The SMILES string of the molecule is CCCC(F)(Br)P(=O)(OCC)OCC. The van der Waals surface area contributed by atoms with E-state index in [0.717, 1.165) is 0 Å². The highest BCUT2D eigenvalue weighted by molar-refractivity contribution is 9.11. The summed E-state index contributed by atoms with van der Waals surface area (Å²) in [6.07, 6.45) is 0.663. The Balaban J connectivity index is 4.69. The molecule has 1 atom stereocenters. The van der Waals surface area contributed by atoms with Gasteiger partial charge in [0, 0.05) is 6.42 Å². The zero-order valence-electron chi connectivity index (χ0n) is 8.76. The van der Waals surface area contributed by atoms with Gasteiger partial charge < -0.3 is 9.05 Å². The zero-order valence-corrected chi connectivity index (χ0v) is 11.2. The van der Waals surface area contributed by atoms with Gasteiger partial charge in [0.1, 0.15) is 0 Å². The van der Waals surface area contributed by atoms with Crippen LogP contribution in [0.1, 0.15) is 33.6 Å². The van der Waals surface area contributed by atoms with Crippen molar-refractivity contribution in [3.63, 3.8) is 0 Å². The molecule has 0 fully saturated rings. The summed E-state index contributed by atoms with van der Waals surface area (Å²) in [4.78, 5) is 0. The van der Waals surface area contributed by atoms with E-state index in [-0.39, 0.29) is 19.6 Å². The molecule has 0 amide bonds. The second kappa shape index (κ2) is 6.21. The van der Waals surface area contributed by atoms with Gasteiger partial charge in [-0.05, 0) is 29.8 Å². The maximum absolute atomic E-state index is 13.9. The predicted molar refractivity (Wildman–Crippen MR) is 58.5 cm³/mol. The van der Waals surface area contributed by atoms with E-state index in [4.69, 9.17) is 9.05 Å². The van der Waals surface area contributed by atoms with Crippen LogP contribution in [-0.2, 0) is 13.6 Å². The van der Waals surface area contributed by atoms with Crippen molar-refractivity contribution in [3.05, 3.63) is 0 Å². The van der Waals surface area contributed by atoms with Crippen molar-refractivity contribution in [2.45, 2.75) is 37.9 Å². The van der Waals surface area contributed by atoms with Crippen molar-refractivity contribution in [1.82, 2.24) is 0 Å². The molecular formula is C8H17BrFO3P. The molecule has 0 aliphatic rings. The van der Waals surface area contributed by atoms with Gasteiger partial charge >= 0.3 is 7.60 Å². The molecule has 0 spiro atoms. The minimum absolute atomic E-state index is 0.101. The first-order valence-corrected chi connectivity index (χ1v) is 7.04. The number of halogens is 2. The molecule has 0 heterocycles. The number of hydrogen-bond donors (Lipinski definition) is 0. The van der Waals surface area contributed by atoms with Crippen LogP contribution < -0.4 is 0 Å². The first-order valence-electron chi connectivity index (χ1n) is 4.70. The molecular weight excluding hydrogens is 274 g/mol. The molecule has 0 aliphatic carbocycles. The molecule has 1 unspecified atom stereocenters. The maximum Gasteiger partial charge on any atom is 0.378 e. The van der Waals surface area contributed by atoms with Crippen molar-refractivity contribution >= 4 is 23.5 Å². The highest BCUT2D eigenvalue weighted by Gasteiger charge is 2.49. The zero-order chi connectivity index (χ0) is 11.2. The summed E-state index contributed by atoms with van der Waals surface area (Å²) in [6, 6.07) is 0. The van der Waals surface area contributed by atoms with Crippen LogP contribution in [0.5, 0.6) is 0 Å². The number of alkyl halides is 2. The van der Waals surface area contributed by atoms with Crippen LogP contribution in [0.15, 0.2) is 0 Å². The molecule has 14 heavy (non-hydrogen) atoms. The summed E-state index contributed by atoms with van der Waals surface area (Å²) in [7, 11) is -3.69. The molecule has 0 aromatic carbocycles. The Bertz CT molecular complexity index is 201. The number of rotatable bonds is 7. The minimum atomic E-state index is -3.69. The molecule has 0 saturated carbocycles. The molecule has 0 radical (unpaired) electrons. The first kappa shape index (κ1) is 14.6. The van der Waals surface area contributed by atoms with Crippen molar-refractivity contribution < 1.29 is 18.0 Å². The fraction of sp³-hybridized carbons (Fsp3) is 1.00. The standard InChI is InChI=1S/C8H17BrFO3P/c1-4-7-8(9,10)14(11,12-5-2)13-6-3/h4-7H2,1-3H3. The average molecular weight is 291 g/mol. The van der Waals surface area contributed by atoms with Crippen LogP contribution in [0.2, 0.25) is 0 Å². The second-order valence-corrected chi connectivity index (χ2v) is 6.84. The molecule has 0 N–H and O–H groups in total. The summed E-state index contributed by atoms with van der Waals surface area (Å²) in [5.74, 6) is 0. The van der Waals surface area contributed by atoms with Gasteiger partial charge in [0.2, 0.25) is 0 Å². The smallest absolute Gasteiger partial charge is 0.306 e. The normalized spacial score (nSPS) is 16.6. The topological polar surface area (TPSA) is 35.5 Å². The van der Waals surface area contributed by atoms with Gasteiger partial charge in [-0.15, -0.1) is 0 Å². The van der Waals surface area contributed by atoms with E-state index in [9.17, 15) is 8.96 Å². The Hall–Kier alpha value is 0.560. The van der Waals surface area contributed by atoms with Crippen molar-refractivity contribution in [1.29, 1.82) is 0 Å². The van der Waals surface area contributed by atoms with Gasteiger partial charge in [-0.25, -0.2) is 4.39 Å². The van der Waals surface area contributed by atoms with Crippen molar-refractivity contribution in [3.8, 4) is 0 Å². The lowest BCUT2D eigenvalue weighted by Crippen LogP contribution is -2.18. The van der Waals surface area contributed by atoms with Crippen LogP contribution >= 0.6 is 23.5 Å². The quantitative estimate of drug-likeness (QED) is 0.524. The van der Waals surface area contributed by atoms with Gasteiger partial charge in [-0.2, -0.15) is 0 Å². The fourth-order valence-corrected chi connectivity index (χ4v) is 3.64. The van der Waals surface area contributed by atoms with Crippen molar-refractivity contribution in [2.24, 2.45) is 0 Å². The largest absolute Gasteiger partial charge is 0.378 e. The Morgan fingerprint density at radius 3 is 2.00 bits per heavy atom. The average Bonchev–Trinajstić information content (AvgIpc) is 2.04. The second-order valence-electron chi connectivity index (χ2n) is 2.75. The lowest BCUT2D eigenvalue weighted by atomic mass is 10.4. The van der Waals surface area contributed by atoms with Crippen LogP contribution in [0, 0.1) is 0 Å². The third-order valence-corrected chi connectivity index (χ3v) is 5.47. The van der Waals surface area contributed by atoms with Gasteiger partial charge in [0.05, 0.1) is 13.2 Å². The third kappa shape index (κ3) is 3.61. The van der Waals surface area contributed by atoms with Gasteiger partial charge in [-0.1, -0.05) is 13.3 Å². The summed E-state index contributed by atoms with van der Waals surface area (Å²) in [5.41, 5.74) is 0.